The van der Waals surface area contributed by atoms with Gasteiger partial charge in [-0.2, -0.15) is 0 Å². The summed E-state index contributed by atoms with van der Waals surface area (Å²) in [6.45, 7) is 5.83. The van der Waals surface area contributed by atoms with Crippen LogP contribution in [0.1, 0.15) is 29.7 Å². The summed E-state index contributed by atoms with van der Waals surface area (Å²) in [6, 6.07) is 13.4. The molecule has 2 aromatic rings. The molecule has 1 aliphatic heterocycles. The molecule has 0 spiro atoms. The van der Waals surface area contributed by atoms with E-state index in [1.165, 1.54) is 0 Å². The number of hydrogen-bond donors (Lipinski definition) is 1. The number of esters is 1. The number of ether oxygens (including phenoxy) is 2. The van der Waals surface area contributed by atoms with Gasteiger partial charge in [0.1, 0.15) is 24.7 Å². The Morgan fingerprint density at radius 3 is 2.71 bits per heavy atom. The molecule has 162 valence electrons. The second-order valence-electron chi connectivity index (χ2n) is 6.71. The number of fused-ring (bicyclic) bond motifs is 1. The number of benzene rings is 2. The van der Waals surface area contributed by atoms with Crippen molar-refractivity contribution >= 4 is 17.8 Å². The van der Waals surface area contributed by atoms with E-state index in [0.717, 1.165) is 10.5 Å². The molecule has 1 amide bonds. The normalized spacial score (nSPS) is 16.4. The van der Waals surface area contributed by atoms with Gasteiger partial charge in [-0.3, -0.25) is 4.90 Å². The van der Waals surface area contributed by atoms with Gasteiger partial charge in [-0.05, 0) is 30.2 Å². The van der Waals surface area contributed by atoms with Crippen molar-refractivity contribution in [3.05, 3.63) is 77.9 Å². The number of carboxylic acid groups (broad SMARTS) is 1. The van der Waals surface area contributed by atoms with Crippen LogP contribution >= 0.6 is 0 Å². The van der Waals surface area contributed by atoms with Crippen LogP contribution in [-0.4, -0.2) is 47.5 Å². The van der Waals surface area contributed by atoms with Gasteiger partial charge in [0, 0.05) is 5.56 Å². The van der Waals surface area contributed by atoms with Crippen molar-refractivity contribution in [1.82, 2.24) is 4.90 Å². The SMILES string of the molecule is C=CCOc1ccc2c(c1)C(=NOCc1ccccc1)CN(C(=O)O)C2C(=O)OCC. The molecule has 0 aliphatic carbocycles. The molecule has 1 aliphatic rings. The van der Waals surface area contributed by atoms with Crippen LogP contribution in [0.2, 0.25) is 0 Å². The maximum Gasteiger partial charge on any atom is 0.408 e. The average Bonchev–Trinajstić information content (AvgIpc) is 2.78. The quantitative estimate of drug-likeness (QED) is 0.394. The second-order valence-corrected chi connectivity index (χ2v) is 6.71. The maximum atomic E-state index is 12.6. The minimum atomic E-state index is -1.26. The van der Waals surface area contributed by atoms with E-state index in [-0.39, 0.29) is 19.8 Å². The van der Waals surface area contributed by atoms with E-state index in [4.69, 9.17) is 14.3 Å². The molecule has 3 rings (SSSR count). The topological polar surface area (TPSA) is 97.7 Å². The standard InChI is InChI=1S/C23H24N2O6/c1-3-12-30-17-10-11-18-19(13-17)20(24-31-15-16-8-6-5-7-9-16)14-25(23(27)28)21(18)22(26)29-4-2/h3,5-11,13,21H,1,4,12,14-15H2,2H3,(H,27,28). The molecule has 0 aromatic heterocycles. The fourth-order valence-corrected chi connectivity index (χ4v) is 3.26. The van der Waals surface area contributed by atoms with Crippen LogP contribution in [0.5, 0.6) is 5.75 Å². The molecular formula is C23H24N2O6. The Bertz CT molecular complexity index is 973. The fourth-order valence-electron chi connectivity index (χ4n) is 3.26. The highest BCUT2D eigenvalue weighted by molar-refractivity contribution is 6.07. The molecule has 1 unspecified atom stereocenters. The molecule has 31 heavy (non-hydrogen) atoms. The lowest BCUT2D eigenvalue weighted by atomic mass is 9.91. The Balaban J connectivity index is 1.98. The number of carbonyl (C=O) groups is 2. The van der Waals surface area contributed by atoms with Gasteiger partial charge in [-0.15, -0.1) is 0 Å². The summed E-state index contributed by atoms with van der Waals surface area (Å²) in [5, 5.41) is 13.9. The molecule has 0 saturated heterocycles. The number of oxime groups is 1. The van der Waals surface area contributed by atoms with E-state index >= 15 is 0 Å². The van der Waals surface area contributed by atoms with Gasteiger partial charge < -0.3 is 19.4 Å². The lowest BCUT2D eigenvalue weighted by Gasteiger charge is -2.34. The first-order valence-electron chi connectivity index (χ1n) is 9.82. The van der Waals surface area contributed by atoms with Crippen LogP contribution in [0.3, 0.4) is 0 Å². The summed E-state index contributed by atoms with van der Waals surface area (Å²) in [6.07, 6.45) is 0.358. The third kappa shape index (κ3) is 5.22. The highest BCUT2D eigenvalue weighted by Gasteiger charge is 2.40. The van der Waals surface area contributed by atoms with Crippen molar-refractivity contribution in [2.45, 2.75) is 19.6 Å². The number of amides is 1. The first kappa shape index (κ1) is 21.9. The van der Waals surface area contributed by atoms with Crippen molar-refractivity contribution in [1.29, 1.82) is 0 Å². The molecular weight excluding hydrogens is 400 g/mol. The molecule has 1 N–H and O–H groups in total. The van der Waals surface area contributed by atoms with Crippen molar-refractivity contribution in [2.75, 3.05) is 19.8 Å². The van der Waals surface area contributed by atoms with Gasteiger partial charge in [0.15, 0.2) is 6.04 Å². The number of nitrogens with zero attached hydrogens (tertiary/aromatic N) is 2. The predicted molar refractivity (Wildman–Crippen MR) is 114 cm³/mol. The van der Waals surface area contributed by atoms with Crippen LogP contribution in [0.25, 0.3) is 0 Å². The molecule has 1 heterocycles. The molecule has 0 fully saturated rings. The van der Waals surface area contributed by atoms with Gasteiger partial charge in [0.05, 0.1) is 13.2 Å². The first-order valence-corrected chi connectivity index (χ1v) is 9.82. The number of rotatable bonds is 8. The Kier molecular flexibility index (Phi) is 7.26. The smallest absolute Gasteiger partial charge is 0.408 e. The van der Waals surface area contributed by atoms with Crippen molar-refractivity contribution < 1.29 is 29.0 Å². The van der Waals surface area contributed by atoms with Crippen LogP contribution in [0.15, 0.2) is 66.3 Å². The Hall–Kier alpha value is -3.81. The fraction of sp³-hybridized carbons (Fsp3) is 0.261. The van der Waals surface area contributed by atoms with Crippen LogP contribution < -0.4 is 4.74 Å². The Morgan fingerprint density at radius 1 is 1.26 bits per heavy atom. The number of carbonyl (C=O) groups excluding carboxylic acids is 1. The molecule has 0 saturated carbocycles. The molecule has 8 nitrogen and oxygen atoms in total. The summed E-state index contributed by atoms with van der Waals surface area (Å²) in [5.41, 5.74) is 2.33. The van der Waals surface area contributed by atoms with Crippen LogP contribution in [0.4, 0.5) is 4.79 Å². The van der Waals surface area contributed by atoms with E-state index in [1.807, 2.05) is 30.3 Å². The van der Waals surface area contributed by atoms with Crippen LogP contribution in [0, 0.1) is 0 Å². The van der Waals surface area contributed by atoms with Gasteiger partial charge in [-0.25, -0.2) is 9.59 Å². The summed E-state index contributed by atoms with van der Waals surface area (Å²) in [4.78, 5) is 31.0. The lowest BCUT2D eigenvalue weighted by Crippen LogP contribution is -2.46. The Labute approximate surface area is 180 Å². The zero-order chi connectivity index (χ0) is 22.2. The summed E-state index contributed by atoms with van der Waals surface area (Å²) < 4.78 is 10.7. The summed E-state index contributed by atoms with van der Waals surface area (Å²) in [7, 11) is 0. The highest BCUT2D eigenvalue weighted by Crippen LogP contribution is 2.34. The zero-order valence-electron chi connectivity index (χ0n) is 17.2. The van der Waals surface area contributed by atoms with E-state index in [2.05, 4.69) is 11.7 Å². The van der Waals surface area contributed by atoms with E-state index in [9.17, 15) is 14.7 Å². The summed E-state index contributed by atoms with van der Waals surface area (Å²) >= 11 is 0. The van der Waals surface area contributed by atoms with Crippen molar-refractivity contribution in [2.24, 2.45) is 5.16 Å². The van der Waals surface area contributed by atoms with Gasteiger partial charge in [0.2, 0.25) is 0 Å². The third-order valence-corrected chi connectivity index (χ3v) is 4.63. The lowest BCUT2D eigenvalue weighted by molar-refractivity contribution is -0.149. The van der Waals surface area contributed by atoms with Gasteiger partial charge in [0.25, 0.3) is 0 Å². The highest BCUT2D eigenvalue weighted by atomic mass is 16.6. The molecule has 0 bridgehead atoms. The molecule has 1 atom stereocenters. The maximum absolute atomic E-state index is 12.6. The third-order valence-electron chi connectivity index (χ3n) is 4.63. The largest absolute Gasteiger partial charge is 0.490 e. The van der Waals surface area contributed by atoms with E-state index < -0.39 is 18.1 Å². The molecule has 8 heteroatoms. The number of hydrogen-bond acceptors (Lipinski definition) is 6. The second kappa shape index (κ2) is 10.3. The minimum absolute atomic E-state index is 0.133. The van der Waals surface area contributed by atoms with Crippen molar-refractivity contribution in [3.8, 4) is 5.75 Å². The van der Waals surface area contributed by atoms with Crippen LogP contribution in [-0.2, 0) is 21.0 Å². The predicted octanol–water partition coefficient (Wildman–Crippen LogP) is 3.77. The first-order chi connectivity index (χ1) is 15.0. The molecule has 0 radical (unpaired) electrons. The average molecular weight is 424 g/mol. The van der Waals surface area contributed by atoms with Crippen molar-refractivity contribution in [3.63, 3.8) is 0 Å². The zero-order valence-corrected chi connectivity index (χ0v) is 17.2. The van der Waals surface area contributed by atoms with E-state index in [0.29, 0.717) is 29.2 Å². The summed E-state index contributed by atoms with van der Waals surface area (Å²) in [5.74, 6) is -0.101. The minimum Gasteiger partial charge on any atom is -0.490 e. The van der Waals surface area contributed by atoms with E-state index in [1.54, 1.807) is 31.2 Å². The Morgan fingerprint density at radius 2 is 2.03 bits per heavy atom. The monoisotopic (exact) mass is 424 g/mol. The molecule has 2 aromatic carbocycles. The van der Waals surface area contributed by atoms with Gasteiger partial charge in [-0.1, -0.05) is 54.2 Å². The van der Waals surface area contributed by atoms with Gasteiger partial charge >= 0.3 is 12.1 Å².